The van der Waals surface area contributed by atoms with Crippen LogP contribution in [-0.4, -0.2) is 20.9 Å². The van der Waals surface area contributed by atoms with Crippen molar-refractivity contribution in [2.75, 3.05) is 11.9 Å². The number of nitrogens with two attached hydrogens (primary N) is 1. The van der Waals surface area contributed by atoms with Crippen molar-refractivity contribution in [3.63, 3.8) is 0 Å². The van der Waals surface area contributed by atoms with Gasteiger partial charge in [0.05, 0.1) is 0 Å². The maximum atomic E-state index is 11.0. The number of unbranched alkanes of at least 4 members (excludes halogenated alkanes) is 1. The van der Waals surface area contributed by atoms with Crippen LogP contribution in [0.3, 0.4) is 0 Å². The number of aliphatic imine (C=N–C) groups is 1. The summed E-state index contributed by atoms with van der Waals surface area (Å²) in [5.41, 5.74) is 0.663. The molecule has 0 amide bonds. The molecule has 106 valence electrons. The standard InChI is InChI=1S/C11H17ClN4O2S/c1-2-3-8-14-11(16-19(13,17)18)15-10-6-4-9(12)5-7-10/h4-7H,2-3,8H2,1H3,(H2,13,17,18)(H2,14,15,16). The van der Waals surface area contributed by atoms with Crippen molar-refractivity contribution >= 4 is 33.5 Å². The molecular formula is C11H17ClN4O2S. The topological polar surface area (TPSA) is 96.6 Å². The largest absolute Gasteiger partial charge is 0.326 e. The predicted octanol–water partition coefficient (Wildman–Crippen LogP) is 1.70. The van der Waals surface area contributed by atoms with Crippen LogP contribution >= 0.6 is 11.6 Å². The van der Waals surface area contributed by atoms with Gasteiger partial charge in [0.15, 0.2) is 0 Å². The monoisotopic (exact) mass is 304 g/mol. The Hall–Kier alpha value is -1.31. The Morgan fingerprint density at radius 3 is 2.53 bits per heavy atom. The van der Waals surface area contributed by atoms with E-state index >= 15 is 0 Å². The summed E-state index contributed by atoms with van der Waals surface area (Å²) in [5.74, 6) is 0.0956. The Morgan fingerprint density at radius 1 is 1.37 bits per heavy atom. The molecule has 0 aliphatic carbocycles. The summed E-state index contributed by atoms with van der Waals surface area (Å²) in [5, 5.41) is 8.37. The van der Waals surface area contributed by atoms with Crippen LogP contribution in [-0.2, 0) is 10.2 Å². The minimum atomic E-state index is -3.86. The lowest BCUT2D eigenvalue weighted by Gasteiger charge is -2.10. The second-order valence-electron chi connectivity index (χ2n) is 3.86. The maximum absolute atomic E-state index is 11.0. The Kier molecular flexibility index (Phi) is 6.07. The smallest absolute Gasteiger partial charge is 0.298 e. The highest BCUT2D eigenvalue weighted by Crippen LogP contribution is 2.13. The van der Waals surface area contributed by atoms with Gasteiger partial charge in [-0.15, -0.1) is 0 Å². The van der Waals surface area contributed by atoms with Crippen molar-refractivity contribution in [1.29, 1.82) is 0 Å². The number of benzene rings is 1. The minimum Gasteiger partial charge on any atom is -0.326 e. The molecule has 1 aromatic rings. The number of hydrogen-bond acceptors (Lipinski definition) is 3. The van der Waals surface area contributed by atoms with Crippen LogP contribution in [0.1, 0.15) is 19.8 Å². The summed E-state index contributed by atoms with van der Waals surface area (Å²) in [7, 11) is -3.86. The van der Waals surface area contributed by atoms with Gasteiger partial charge >= 0.3 is 0 Å². The molecule has 1 rings (SSSR count). The third-order valence-corrected chi connectivity index (χ3v) is 2.86. The van der Waals surface area contributed by atoms with Gasteiger partial charge in [0, 0.05) is 17.3 Å². The zero-order valence-electron chi connectivity index (χ0n) is 10.6. The van der Waals surface area contributed by atoms with E-state index in [1.54, 1.807) is 24.3 Å². The molecule has 0 saturated heterocycles. The van der Waals surface area contributed by atoms with Crippen LogP contribution in [0.2, 0.25) is 5.02 Å². The highest BCUT2D eigenvalue weighted by molar-refractivity contribution is 7.87. The Morgan fingerprint density at radius 2 is 2.00 bits per heavy atom. The molecule has 0 aromatic heterocycles. The molecule has 0 heterocycles. The van der Waals surface area contributed by atoms with Crippen LogP contribution in [0.5, 0.6) is 0 Å². The van der Waals surface area contributed by atoms with Crippen LogP contribution in [0.4, 0.5) is 5.69 Å². The normalized spacial score (nSPS) is 12.3. The highest BCUT2D eigenvalue weighted by atomic mass is 35.5. The van der Waals surface area contributed by atoms with Gasteiger partial charge in [-0.25, -0.2) is 9.86 Å². The molecule has 0 fully saturated rings. The van der Waals surface area contributed by atoms with Gasteiger partial charge < -0.3 is 5.32 Å². The highest BCUT2D eigenvalue weighted by Gasteiger charge is 2.07. The molecule has 0 aliphatic rings. The second kappa shape index (κ2) is 7.32. The number of rotatable bonds is 5. The first kappa shape index (κ1) is 15.7. The minimum absolute atomic E-state index is 0.0956. The lowest BCUT2D eigenvalue weighted by Crippen LogP contribution is -2.40. The average molecular weight is 305 g/mol. The summed E-state index contributed by atoms with van der Waals surface area (Å²) in [6.07, 6.45) is 1.82. The molecule has 0 saturated carbocycles. The van der Waals surface area contributed by atoms with Gasteiger partial charge in [-0.3, -0.25) is 4.99 Å². The summed E-state index contributed by atoms with van der Waals surface area (Å²) in [6.45, 7) is 2.53. The molecule has 0 spiro atoms. The van der Waals surface area contributed by atoms with E-state index in [1.165, 1.54) is 0 Å². The molecule has 0 atom stereocenters. The molecule has 4 N–H and O–H groups in total. The van der Waals surface area contributed by atoms with Crippen LogP contribution in [0.25, 0.3) is 0 Å². The molecular weight excluding hydrogens is 288 g/mol. The van der Waals surface area contributed by atoms with Gasteiger partial charge in [0.25, 0.3) is 10.2 Å². The number of halogens is 1. The first-order chi connectivity index (χ1) is 8.90. The van der Waals surface area contributed by atoms with Gasteiger partial charge in [0.2, 0.25) is 5.96 Å². The Bertz CT molecular complexity index is 528. The molecule has 19 heavy (non-hydrogen) atoms. The van der Waals surface area contributed by atoms with E-state index in [9.17, 15) is 8.42 Å². The van der Waals surface area contributed by atoms with Gasteiger partial charge in [-0.05, 0) is 30.7 Å². The fourth-order valence-electron chi connectivity index (χ4n) is 1.25. The van der Waals surface area contributed by atoms with Gasteiger partial charge in [-0.1, -0.05) is 24.9 Å². The van der Waals surface area contributed by atoms with E-state index in [-0.39, 0.29) is 5.96 Å². The zero-order chi connectivity index (χ0) is 14.3. The van der Waals surface area contributed by atoms with E-state index in [0.717, 1.165) is 12.8 Å². The summed E-state index contributed by atoms with van der Waals surface area (Å²) in [6, 6.07) is 6.79. The fourth-order valence-corrected chi connectivity index (χ4v) is 1.76. The maximum Gasteiger partial charge on any atom is 0.298 e. The van der Waals surface area contributed by atoms with Crippen molar-refractivity contribution < 1.29 is 8.42 Å². The van der Waals surface area contributed by atoms with Crippen molar-refractivity contribution in [2.24, 2.45) is 10.1 Å². The number of hydrogen-bond donors (Lipinski definition) is 3. The van der Waals surface area contributed by atoms with Crippen molar-refractivity contribution in [3.05, 3.63) is 29.3 Å². The van der Waals surface area contributed by atoms with Gasteiger partial charge in [-0.2, -0.15) is 8.42 Å². The Balaban J connectivity index is 2.78. The second-order valence-corrected chi connectivity index (χ2v) is 5.59. The third-order valence-electron chi connectivity index (χ3n) is 2.13. The first-order valence-corrected chi connectivity index (χ1v) is 7.70. The zero-order valence-corrected chi connectivity index (χ0v) is 12.1. The third kappa shape index (κ3) is 7.00. The van der Waals surface area contributed by atoms with Crippen molar-refractivity contribution in [2.45, 2.75) is 19.8 Å². The summed E-state index contributed by atoms with van der Waals surface area (Å²) in [4.78, 5) is 4.12. The molecule has 6 nitrogen and oxygen atoms in total. The lowest BCUT2D eigenvalue weighted by atomic mass is 10.3. The Labute approximate surface area is 118 Å². The number of nitrogens with one attached hydrogen (secondary N) is 2. The molecule has 1 aromatic carbocycles. The first-order valence-electron chi connectivity index (χ1n) is 5.78. The SMILES string of the molecule is CCCCN=C(Nc1ccc(Cl)cc1)NS(N)(=O)=O. The lowest BCUT2D eigenvalue weighted by molar-refractivity contribution is 0.594. The molecule has 0 bridgehead atoms. The molecule has 8 heteroatoms. The van der Waals surface area contributed by atoms with Crippen LogP contribution in [0.15, 0.2) is 29.3 Å². The number of guanidine groups is 1. The quantitative estimate of drug-likeness (QED) is 0.439. The molecule has 0 radical (unpaired) electrons. The number of anilines is 1. The van der Waals surface area contributed by atoms with E-state index in [2.05, 4.69) is 15.0 Å². The van der Waals surface area contributed by atoms with Crippen LogP contribution < -0.4 is 15.2 Å². The van der Waals surface area contributed by atoms with Crippen LogP contribution in [0, 0.1) is 0 Å². The van der Waals surface area contributed by atoms with E-state index in [0.29, 0.717) is 17.3 Å². The van der Waals surface area contributed by atoms with Crippen molar-refractivity contribution in [3.8, 4) is 0 Å². The number of nitrogens with zero attached hydrogens (tertiary/aromatic N) is 1. The summed E-state index contributed by atoms with van der Waals surface area (Å²) >= 11 is 5.77. The average Bonchev–Trinajstić information content (AvgIpc) is 2.30. The summed E-state index contributed by atoms with van der Waals surface area (Å²) < 4.78 is 24.2. The van der Waals surface area contributed by atoms with E-state index in [1.807, 2.05) is 6.92 Å². The predicted molar refractivity (Wildman–Crippen MR) is 78.5 cm³/mol. The van der Waals surface area contributed by atoms with Crippen molar-refractivity contribution in [1.82, 2.24) is 4.72 Å². The van der Waals surface area contributed by atoms with Gasteiger partial charge in [0.1, 0.15) is 0 Å². The van der Waals surface area contributed by atoms with E-state index < -0.39 is 10.2 Å². The molecule has 0 unspecified atom stereocenters. The van der Waals surface area contributed by atoms with E-state index in [4.69, 9.17) is 16.7 Å². The molecule has 0 aliphatic heterocycles. The fraction of sp³-hybridized carbons (Fsp3) is 0.364.